The Kier molecular flexibility index (Phi) is 5.36. The molecule has 1 aromatic carbocycles. The molecule has 3 heterocycles. The van der Waals surface area contributed by atoms with Crippen LogP contribution in [0.5, 0.6) is 0 Å². The van der Waals surface area contributed by atoms with Gasteiger partial charge in [0.1, 0.15) is 0 Å². The summed E-state index contributed by atoms with van der Waals surface area (Å²) in [6, 6.07) is 14.5. The molecule has 4 nitrogen and oxygen atoms in total. The second kappa shape index (κ2) is 7.81. The number of aryl methyl sites for hydroxylation is 1. The van der Waals surface area contributed by atoms with E-state index in [4.69, 9.17) is 23.8 Å². The third kappa shape index (κ3) is 3.32. The molecule has 0 saturated carbocycles. The second-order valence-electron chi connectivity index (χ2n) is 7.46. The monoisotopic (exact) mass is 424 g/mol. The molecule has 1 N–H and O–H groups in total. The summed E-state index contributed by atoms with van der Waals surface area (Å²) in [7, 11) is 0. The molecule has 6 heteroatoms. The molecule has 1 aliphatic rings. The molecule has 2 atom stereocenters. The lowest BCUT2D eigenvalue weighted by Gasteiger charge is -2.27. The zero-order chi connectivity index (χ0) is 20.7. The fourth-order valence-electron chi connectivity index (χ4n) is 4.38. The number of likely N-dealkylation sites (N-methyl/N-ethyl adjacent to an activating group) is 1. The van der Waals surface area contributed by atoms with Crippen LogP contribution in [-0.4, -0.2) is 26.1 Å². The van der Waals surface area contributed by atoms with Gasteiger partial charge in [-0.2, -0.15) is 0 Å². The summed E-state index contributed by atoms with van der Waals surface area (Å²) in [5, 5.41) is 5.05. The first-order valence-electron chi connectivity index (χ1n) is 9.86. The minimum atomic E-state index is 0.0121. The summed E-state index contributed by atoms with van der Waals surface area (Å²) in [4.78, 5) is 6.86. The summed E-state index contributed by atoms with van der Waals surface area (Å²) < 4.78 is 2.29. The zero-order valence-electron chi connectivity index (χ0n) is 17.1. The van der Waals surface area contributed by atoms with Gasteiger partial charge in [0, 0.05) is 34.8 Å². The van der Waals surface area contributed by atoms with Crippen LogP contribution < -0.4 is 5.32 Å². The lowest BCUT2D eigenvalue weighted by Crippen LogP contribution is -2.29. The van der Waals surface area contributed by atoms with Gasteiger partial charge in [-0.25, -0.2) is 0 Å². The van der Waals surface area contributed by atoms with Crippen molar-refractivity contribution in [1.29, 1.82) is 0 Å². The van der Waals surface area contributed by atoms with Gasteiger partial charge in [0.05, 0.1) is 17.8 Å². The number of rotatable bonds is 4. The molecule has 3 aromatic rings. The van der Waals surface area contributed by atoms with Crippen LogP contribution in [0.15, 0.2) is 48.7 Å². The predicted octanol–water partition coefficient (Wildman–Crippen LogP) is 5.44. The first kappa shape index (κ1) is 19.9. The number of aromatic nitrogens is 2. The Morgan fingerprint density at radius 2 is 1.93 bits per heavy atom. The fraction of sp³-hybridized carbons (Fsp3) is 0.304. The van der Waals surface area contributed by atoms with Crippen molar-refractivity contribution in [2.45, 2.75) is 39.8 Å². The standard InChI is InChI=1S/C23H25ClN4S/c1-5-27-22(21(26-23(27)29)19-10-6-7-12-25-19)17-13-14(2)28(16(17)4)20-11-8-9-18(24)15(20)3/h6-13,21-22H,5H2,1-4H3,(H,26,29)/t21-,22-/m0/s1. The maximum Gasteiger partial charge on any atom is 0.170 e. The van der Waals surface area contributed by atoms with Gasteiger partial charge in [-0.15, -0.1) is 0 Å². The maximum atomic E-state index is 6.41. The van der Waals surface area contributed by atoms with Crippen molar-refractivity contribution in [2.24, 2.45) is 0 Å². The Morgan fingerprint density at radius 3 is 2.62 bits per heavy atom. The normalized spacial score (nSPS) is 18.9. The van der Waals surface area contributed by atoms with Crippen molar-refractivity contribution in [3.63, 3.8) is 0 Å². The van der Waals surface area contributed by atoms with Crippen LogP contribution in [-0.2, 0) is 0 Å². The van der Waals surface area contributed by atoms with Gasteiger partial charge >= 0.3 is 0 Å². The van der Waals surface area contributed by atoms with E-state index in [1.165, 1.54) is 17.0 Å². The van der Waals surface area contributed by atoms with Gasteiger partial charge in [-0.3, -0.25) is 4.98 Å². The molecule has 0 amide bonds. The number of nitrogens with zero attached hydrogens (tertiary/aromatic N) is 3. The van der Waals surface area contributed by atoms with Crippen LogP contribution in [0.4, 0.5) is 0 Å². The van der Waals surface area contributed by atoms with E-state index in [9.17, 15) is 0 Å². The Labute approximate surface area is 182 Å². The van der Waals surface area contributed by atoms with Crippen LogP contribution >= 0.6 is 23.8 Å². The molecule has 0 bridgehead atoms. The minimum Gasteiger partial charge on any atom is -0.352 e. The second-order valence-corrected chi connectivity index (χ2v) is 8.25. The number of benzene rings is 1. The first-order valence-corrected chi connectivity index (χ1v) is 10.6. The molecule has 29 heavy (non-hydrogen) atoms. The van der Waals surface area contributed by atoms with Gasteiger partial charge in [0.2, 0.25) is 0 Å². The molecule has 4 rings (SSSR count). The number of hydrogen-bond donors (Lipinski definition) is 1. The average Bonchev–Trinajstić information content (AvgIpc) is 3.20. The van der Waals surface area contributed by atoms with Crippen molar-refractivity contribution in [1.82, 2.24) is 19.8 Å². The van der Waals surface area contributed by atoms with Crippen molar-refractivity contribution >= 4 is 28.9 Å². The molecule has 1 saturated heterocycles. The van der Waals surface area contributed by atoms with Crippen molar-refractivity contribution in [3.05, 3.63) is 81.9 Å². The maximum absolute atomic E-state index is 6.41. The molecule has 0 unspecified atom stereocenters. The van der Waals surface area contributed by atoms with E-state index in [-0.39, 0.29) is 12.1 Å². The van der Waals surface area contributed by atoms with Crippen molar-refractivity contribution in [3.8, 4) is 5.69 Å². The number of thiocarbonyl (C=S) groups is 1. The molecule has 1 fully saturated rings. The van der Waals surface area contributed by atoms with Crippen LogP contribution in [0.25, 0.3) is 5.69 Å². The van der Waals surface area contributed by atoms with Crippen LogP contribution in [0.1, 0.15) is 47.2 Å². The largest absolute Gasteiger partial charge is 0.352 e. The van der Waals surface area contributed by atoms with E-state index in [1.807, 2.05) is 30.5 Å². The molecular weight excluding hydrogens is 400 g/mol. The Morgan fingerprint density at radius 1 is 1.14 bits per heavy atom. The number of pyridine rings is 1. The van der Waals surface area contributed by atoms with E-state index in [0.29, 0.717) is 0 Å². The summed E-state index contributed by atoms with van der Waals surface area (Å²) in [6.07, 6.45) is 1.84. The Bertz CT molecular complexity index is 1060. The summed E-state index contributed by atoms with van der Waals surface area (Å²) in [5.41, 5.74) is 6.83. The molecule has 2 aromatic heterocycles. The smallest absolute Gasteiger partial charge is 0.170 e. The lowest BCUT2D eigenvalue weighted by atomic mass is 9.97. The van der Waals surface area contributed by atoms with Gasteiger partial charge in [0.15, 0.2) is 5.11 Å². The highest BCUT2D eigenvalue weighted by Crippen LogP contribution is 2.41. The average molecular weight is 425 g/mol. The SMILES string of the molecule is CCN1C(=S)N[C@@H](c2ccccn2)[C@@H]1c1cc(C)n(-c2cccc(Cl)c2C)c1C. The zero-order valence-corrected chi connectivity index (χ0v) is 18.7. The molecule has 1 aliphatic heterocycles. The van der Waals surface area contributed by atoms with E-state index < -0.39 is 0 Å². The van der Waals surface area contributed by atoms with E-state index in [1.54, 1.807) is 0 Å². The van der Waals surface area contributed by atoms with Crippen molar-refractivity contribution < 1.29 is 0 Å². The molecule has 0 aliphatic carbocycles. The predicted molar refractivity (Wildman–Crippen MR) is 123 cm³/mol. The van der Waals surface area contributed by atoms with E-state index >= 15 is 0 Å². The van der Waals surface area contributed by atoms with Crippen LogP contribution in [0, 0.1) is 20.8 Å². The van der Waals surface area contributed by atoms with Crippen LogP contribution in [0.3, 0.4) is 0 Å². The van der Waals surface area contributed by atoms with Gasteiger partial charge in [0.25, 0.3) is 0 Å². The first-order chi connectivity index (χ1) is 13.9. The van der Waals surface area contributed by atoms with Crippen molar-refractivity contribution in [2.75, 3.05) is 6.54 Å². The van der Waals surface area contributed by atoms with E-state index in [0.717, 1.165) is 33.6 Å². The summed E-state index contributed by atoms with van der Waals surface area (Å²) in [5.74, 6) is 0. The van der Waals surface area contributed by atoms with Crippen LogP contribution in [0.2, 0.25) is 5.02 Å². The summed E-state index contributed by atoms with van der Waals surface area (Å²) >= 11 is 12.1. The fourth-order valence-corrected chi connectivity index (χ4v) is 4.92. The molecular formula is C23H25ClN4S. The molecule has 150 valence electrons. The highest BCUT2D eigenvalue weighted by Gasteiger charge is 2.40. The quantitative estimate of drug-likeness (QED) is 0.565. The third-order valence-corrected chi connectivity index (χ3v) is 6.57. The molecule has 0 radical (unpaired) electrons. The minimum absolute atomic E-state index is 0.0121. The summed E-state index contributed by atoms with van der Waals surface area (Å²) in [6.45, 7) is 9.36. The van der Waals surface area contributed by atoms with Gasteiger partial charge < -0.3 is 14.8 Å². The van der Waals surface area contributed by atoms with Gasteiger partial charge in [-0.1, -0.05) is 23.7 Å². The topological polar surface area (TPSA) is 33.1 Å². The van der Waals surface area contributed by atoms with Gasteiger partial charge in [-0.05, 0) is 81.4 Å². The lowest BCUT2D eigenvalue weighted by molar-refractivity contribution is 0.329. The number of nitrogens with one attached hydrogen (secondary N) is 1. The third-order valence-electron chi connectivity index (χ3n) is 5.81. The highest BCUT2D eigenvalue weighted by molar-refractivity contribution is 7.80. The van der Waals surface area contributed by atoms with E-state index in [2.05, 4.69) is 65.7 Å². The number of hydrogen-bond acceptors (Lipinski definition) is 2. The Balaban J connectivity index is 1.86. The molecule has 0 spiro atoms. The Hall–Kier alpha value is -2.37. The number of halogens is 1. The highest BCUT2D eigenvalue weighted by atomic mass is 35.5.